The smallest absolute Gasteiger partial charge is 0.135 e. The predicted molar refractivity (Wildman–Crippen MR) is 58.3 cm³/mol. The molecule has 3 heteroatoms. The van der Waals surface area contributed by atoms with Crippen LogP contribution in [0.4, 0.5) is 0 Å². The zero-order valence-electron chi connectivity index (χ0n) is 9.71. The number of piperidine rings is 1. The van der Waals surface area contributed by atoms with E-state index >= 15 is 0 Å². The van der Waals surface area contributed by atoms with Crippen molar-refractivity contribution >= 4 is 5.78 Å². The van der Waals surface area contributed by atoms with Gasteiger partial charge in [-0.25, -0.2) is 0 Å². The van der Waals surface area contributed by atoms with E-state index in [0.717, 1.165) is 19.5 Å². The van der Waals surface area contributed by atoms with Crippen molar-refractivity contribution in [1.82, 2.24) is 10.2 Å². The maximum absolute atomic E-state index is 11.5. The number of carbonyl (C=O) groups is 1. The fourth-order valence-corrected chi connectivity index (χ4v) is 2.15. The van der Waals surface area contributed by atoms with Crippen LogP contribution in [0.2, 0.25) is 0 Å². The number of nitrogens with one attached hydrogen (secondary N) is 1. The van der Waals surface area contributed by atoms with Gasteiger partial charge in [-0.3, -0.25) is 4.79 Å². The number of ketones is 1. The van der Waals surface area contributed by atoms with Gasteiger partial charge in [0, 0.05) is 24.5 Å². The van der Waals surface area contributed by atoms with Crippen molar-refractivity contribution in [2.24, 2.45) is 5.92 Å². The van der Waals surface area contributed by atoms with E-state index in [4.69, 9.17) is 0 Å². The summed E-state index contributed by atoms with van der Waals surface area (Å²) in [6, 6.07) is 0.842. The SMILES string of the molecule is CC(=O)C1CN(C)CCC1NC(C)C. The first kappa shape index (κ1) is 11.7. The van der Waals surface area contributed by atoms with Crippen molar-refractivity contribution in [1.29, 1.82) is 0 Å². The second-order valence-electron chi connectivity index (χ2n) is 4.70. The molecule has 0 aromatic rings. The van der Waals surface area contributed by atoms with Crippen molar-refractivity contribution < 1.29 is 4.79 Å². The van der Waals surface area contributed by atoms with Gasteiger partial charge >= 0.3 is 0 Å². The Bertz CT molecular complexity index is 203. The number of hydrogen-bond acceptors (Lipinski definition) is 3. The van der Waals surface area contributed by atoms with Gasteiger partial charge in [-0.05, 0) is 26.9 Å². The van der Waals surface area contributed by atoms with Crippen LogP contribution in [-0.4, -0.2) is 42.9 Å². The standard InChI is InChI=1S/C11H22N2O/c1-8(2)12-11-5-6-13(4)7-10(11)9(3)14/h8,10-12H,5-7H2,1-4H3. The molecule has 0 amide bonds. The highest BCUT2D eigenvalue weighted by atomic mass is 16.1. The molecule has 1 fully saturated rings. The molecule has 0 spiro atoms. The minimum absolute atomic E-state index is 0.177. The van der Waals surface area contributed by atoms with E-state index in [1.54, 1.807) is 6.92 Å². The molecule has 0 radical (unpaired) electrons. The lowest BCUT2D eigenvalue weighted by Gasteiger charge is -2.36. The highest BCUT2D eigenvalue weighted by molar-refractivity contribution is 5.79. The largest absolute Gasteiger partial charge is 0.311 e. The van der Waals surface area contributed by atoms with Crippen LogP contribution in [0, 0.1) is 5.92 Å². The molecule has 2 atom stereocenters. The predicted octanol–water partition coefficient (Wildman–Crippen LogP) is 0.894. The monoisotopic (exact) mass is 198 g/mol. The molecule has 2 unspecified atom stereocenters. The highest BCUT2D eigenvalue weighted by Crippen LogP contribution is 2.17. The van der Waals surface area contributed by atoms with Crippen LogP contribution in [0.25, 0.3) is 0 Å². The van der Waals surface area contributed by atoms with E-state index in [2.05, 4.69) is 31.1 Å². The van der Waals surface area contributed by atoms with Crippen molar-refractivity contribution in [2.75, 3.05) is 20.1 Å². The van der Waals surface area contributed by atoms with Gasteiger partial charge in [-0.1, -0.05) is 13.8 Å². The number of hydrogen-bond donors (Lipinski definition) is 1. The third-order valence-electron chi connectivity index (χ3n) is 2.89. The summed E-state index contributed by atoms with van der Waals surface area (Å²) in [5.41, 5.74) is 0. The van der Waals surface area contributed by atoms with Gasteiger partial charge in [0.1, 0.15) is 5.78 Å². The lowest BCUT2D eigenvalue weighted by atomic mass is 9.89. The lowest BCUT2D eigenvalue weighted by molar-refractivity contribution is -0.123. The van der Waals surface area contributed by atoms with Crippen molar-refractivity contribution in [3.63, 3.8) is 0 Å². The average Bonchev–Trinajstić information content (AvgIpc) is 2.07. The van der Waals surface area contributed by atoms with E-state index in [1.165, 1.54) is 0 Å². The Morgan fingerprint density at radius 2 is 2.14 bits per heavy atom. The van der Waals surface area contributed by atoms with E-state index in [9.17, 15) is 4.79 Å². The van der Waals surface area contributed by atoms with E-state index < -0.39 is 0 Å². The number of likely N-dealkylation sites (tertiary alicyclic amines) is 1. The molecular formula is C11H22N2O. The maximum Gasteiger partial charge on any atom is 0.135 e. The lowest BCUT2D eigenvalue weighted by Crippen LogP contribution is -2.52. The summed E-state index contributed by atoms with van der Waals surface area (Å²) in [7, 11) is 2.08. The highest BCUT2D eigenvalue weighted by Gasteiger charge is 2.30. The van der Waals surface area contributed by atoms with Crippen LogP contribution in [0.5, 0.6) is 0 Å². The molecule has 14 heavy (non-hydrogen) atoms. The second-order valence-corrected chi connectivity index (χ2v) is 4.70. The van der Waals surface area contributed by atoms with Crippen molar-refractivity contribution in [2.45, 2.75) is 39.3 Å². The summed E-state index contributed by atoms with van der Waals surface area (Å²) >= 11 is 0. The molecule has 1 saturated heterocycles. The van der Waals surface area contributed by atoms with Gasteiger partial charge in [-0.2, -0.15) is 0 Å². The Labute approximate surface area is 86.9 Å². The first-order valence-corrected chi connectivity index (χ1v) is 5.45. The minimum atomic E-state index is 0.177. The molecule has 1 aliphatic heterocycles. The third-order valence-corrected chi connectivity index (χ3v) is 2.89. The van der Waals surface area contributed by atoms with Crippen LogP contribution in [0.1, 0.15) is 27.2 Å². The molecule has 1 aliphatic rings. The van der Waals surface area contributed by atoms with Gasteiger partial charge in [0.25, 0.3) is 0 Å². The van der Waals surface area contributed by atoms with Gasteiger partial charge < -0.3 is 10.2 Å². The summed E-state index contributed by atoms with van der Waals surface area (Å²) in [6.07, 6.45) is 1.08. The van der Waals surface area contributed by atoms with E-state index in [-0.39, 0.29) is 5.92 Å². The Balaban J connectivity index is 2.58. The molecule has 1 heterocycles. The molecule has 0 aromatic heterocycles. The molecule has 0 aromatic carbocycles. The summed E-state index contributed by atoms with van der Waals surface area (Å²) in [5, 5.41) is 3.49. The van der Waals surface area contributed by atoms with E-state index in [1.807, 2.05) is 0 Å². The number of carbonyl (C=O) groups excluding carboxylic acids is 1. The molecule has 1 N–H and O–H groups in total. The molecular weight excluding hydrogens is 176 g/mol. The Morgan fingerprint density at radius 1 is 1.50 bits per heavy atom. The zero-order valence-corrected chi connectivity index (χ0v) is 9.71. The average molecular weight is 198 g/mol. The van der Waals surface area contributed by atoms with Gasteiger partial charge in [0.2, 0.25) is 0 Å². The summed E-state index contributed by atoms with van der Waals surface area (Å²) in [6.45, 7) is 7.97. The van der Waals surface area contributed by atoms with Crippen LogP contribution < -0.4 is 5.32 Å². The Hall–Kier alpha value is -0.410. The first-order valence-electron chi connectivity index (χ1n) is 5.45. The van der Waals surface area contributed by atoms with E-state index in [0.29, 0.717) is 17.9 Å². The maximum atomic E-state index is 11.5. The Morgan fingerprint density at radius 3 is 2.64 bits per heavy atom. The van der Waals surface area contributed by atoms with Crippen molar-refractivity contribution in [3.8, 4) is 0 Å². The minimum Gasteiger partial charge on any atom is -0.311 e. The van der Waals surface area contributed by atoms with Crippen LogP contribution >= 0.6 is 0 Å². The molecule has 0 saturated carbocycles. The summed E-state index contributed by atoms with van der Waals surface area (Å²) < 4.78 is 0. The molecule has 82 valence electrons. The fraction of sp³-hybridized carbons (Fsp3) is 0.909. The van der Waals surface area contributed by atoms with Crippen LogP contribution in [0.15, 0.2) is 0 Å². The molecule has 1 rings (SSSR count). The second kappa shape index (κ2) is 4.89. The van der Waals surface area contributed by atoms with Crippen LogP contribution in [-0.2, 0) is 4.79 Å². The zero-order chi connectivity index (χ0) is 10.7. The number of rotatable bonds is 3. The first-order chi connectivity index (χ1) is 6.50. The Kier molecular flexibility index (Phi) is 4.08. The molecule has 0 aliphatic carbocycles. The van der Waals surface area contributed by atoms with Crippen molar-refractivity contribution in [3.05, 3.63) is 0 Å². The molecule has 3 nitrogen and oxygen atoms in total. The third kappa shape index (κ3) is 3.07. The number of nitrogens with zero attached hydrogens (tertiary/aromatic N) is 1. The van der Waals surface area contributed by atoms with Crippen LogP contribution in [0.3, 0.4) is 0 Å². The summed E-state index contributed by atoms with van der Waals surface area (Å²) in [5.74, 6) is 0.492. The number of Topliss-reactive ketones (excluding diaryl/α,β-unsaturated/α-hetero) is 1. The normalized spacial score (nSPS) is 29.5. The quantitative estimate of drug-likeness (QED) is 0.731. The molecule has 0 bridgehead atoms. The van der Waals surface area contributed by atoms with Gasteiger partial charge in [0.15, 0.2) is 0 Å². The topological polar surface area (TPSA) is 32.3 Å². The van der Waals surface area contributed by atoms with Gasteiger partial charge in [-0.15, -0.1) is 0 Å². The fourth-order valence-electron chi connectivity index (χ4n) is 2.15. The van der Waals surface area contributed by atoms with Gasteiger partial charge in [0.05, 0.1) is 0 Å². The summed E-state index contributed by atoms with van der Waals surface area (Å²) in [4.78, 5) is 13.7.